The van der Waals surface area contributed by atoms with Gasteiger partial charge in [0.1, 0.15) is 11.6 Å². The summed E-state index contributed by atoms with van der Waals surface area (Å²) in [7, 11) is 0. The smallest absolute Gasteiger partial charge is 0.256 e. The van der Waals surface area contributed by atoms with Crippen LogP contribution >= 0.6 is 15.9 Å². The van der Waals surface area contributed by atoms with Gasteiger partial charge in [-0.05, 0) is 54.6 Å². The third-order valence-corrected chi connectivity index (χ3v) is 4.71. The second-order valence-corrected chi connectivity index (χ2v) is 7.08. The number of amides is 1. The topological polar surface area (TPSA) is 55.1 Å². The Labute approximate surface area is 173 Å². The van der Waals surface area contributed by atoms with Gasteiger partial charge in [0.05, 0.1) is 17.4 Å². The van der Waals surface area contributed by atoms with E-state index in [0.717, 1.165) is 0 Å². The van der Waals surface area contributed by atoms with Crippen LogP contribution in [-0.2, 0) is 0 Å². The molecule has 0 radical (unpaired) electrons. The molecule has 0 aliphatic rings. The van der Waals surface area contributed by atoms with Crippen LogP contribution in [0.25, 0.3) is 22.8 Å². The number of rotatable bonds is 4. The average Bonchev–Trinajstić information content (AvgIpc) is 3.20. The fourth-order valence-corrected chi connectivity index (χ4v) is 3.13. The van der Waals surface area contributed by atoms with Gasteiger partial charge in [0.25, 0.3) is 5.91 Å². The maximum atomic E-state index is 14.1. The Kier molecular flexibility index (Phi) is 5.22. The molecule has 0 unspecified atom stereocenters. The van der Waals surface area contributed by atoms with Crippen molar-refractivity contribution in [2.24, 2.45) is 0 Å². The number of nitrogens with one attached hydrogen (secondary N) is 1. The third kappa shape index (κ3) is 4.09. The summed E-state index contributed by atoms with van der Waals surface area (Å²) in [4.78, 5) is 17.0. The molecule has 4 aromatic rings. The van der Waals surface area contributed by atoms with Crippen molar-refractivity contribution in [3.8, 4) is 22.8 Å². The van der Waals surface area contributed by atoms with Crippen LogP contribution in [0.5, 0.6) is 0 Å². The summed E-state index contributed by atoms with van der Waals surface area (Å²) in [6.07, 6.45) is 1.51. The van der Waals surface area contributed by atoms with Gasteiger partial charge >= 0.3 is 0 Å². The highest BCUT2D eigenvalue weighted by Gasteiger charge is 2.18. The predicted molar refractivity (Wildman–Crippen MR) is 109 cm³/mol. The van der Waals surface area contributed by atoms with E-state index >= 15 is 0 Å². The van der Waals surface area contributed by atoms with Gasteiger partial charge in [0, 0.05) is 15.6 Å². The highest BCUT2D eigenvalue weighted by molar-refractivity contribution is 9.10. The molecule has 1 heterocycles. The maximum Gasteiger partial charge on any atom is 0.256 e. The number of halogens is 3. The number of oxazole rings is 1. The standard InChI is InChI=1S/C22H13BrF2N2O2/c23-14-7-10-19(18(25)11-14)27-21(28)16-3-1-2-4-17(16)22-26-12-20(29-22)13-5-8-15(24)9-6-13/h1-12H,(H,27,28). The van der Waals surface area contributed by atoms with E-state index < -0.39 is 11.7 Å². The van der Waals surface area contributed by atoms with Gasteiger partial charge in [-0.3, -0.25) is 4.79 Å². The summed E-state index contributed by atoms with van der Waals surface area (Å²) in [5.74, 6) is -0.737. The van der Waals surface area contributed by atoms with Crippen LogP contribution in [-0.4, -0.2) is 10.9 Å². The highest BCUT2D eigenvalue weighted by atomic mass is 79.9. The van der Waals surface area contributed by atoms with Crippen LogP contribution in [0.15, 0.2) is 81.8 Å². The van der Waals surface area contributed by atoms with Crippen LogP contribution in [0.3, 0.4) is 0 Å². The molecule has 7 heteroatoms. The summed E-state index contributed by atoms with van der Waals surface area (Å²) < 4.78 is 33.5. The van der Waals surface area contributed by atoms with E-state index in [9.17, 15) is 13.6 Å². The van der Waals surface area contributed by atoms with Crippen molar-refractivity contribution in [2.45, 2.75) is 0 Å². The van der Waals surface area contributed by atoms with Crippen LogP contribution in [0.4, 0.5) is 14.5 Å². The summed E-state index contributed by atoms with van der Waals surface area (Å²) in [5, 5.41) is 2.56. The van der Waals surface area contributed by atoms with Crippen molar-refractivity contribution >= 4 is 27.5 Å². The van der Waals surface area contributed by atoms with Crippen molar-refractivity contribution in [3.05, 3.63) is 94.6 Å². The molecular weight excluding hydrogens is 442 g/mol. The van der Waals surface area contributed by atoms with Gasteiger partial charge in [-0.2, -0.15) is 0 Å². The quantitative estimate of drug-likeness (QED) is 0.393. The number of anilines is 1. The molecule has 0 atom stereocenters. The monoisotopic (exact) mass is 454 g/mol. The molecule has 0 aliphatic heterocycles. The Morgan fingerprint density at radius 2 is 1.76 bits per heavy atom. The number of carbonyl (C=O) groups is 1. The Morgan fingerprint density at radius 3 is 2.52 bits per heavy atom. The minimum absolute atomic E-state index is 0.0624. The first-order valence-electron chi connectivity index (χ1n) is 8.59. The van der Waals surface area contributed by atoms with E-state index in [0.29, 0.717) is 21.4 Å². The minimum atomic E-state index is -0.556. The summed E-state index contributed by atoms with van der Waals surface area (Å²) in [6, 6.07) is 16.9. The summed E-state index contributed by atoms with van der Waals surface area (Å²) in [5.41, 5.74) is 1.45. The van der Waals surface area contributed by atoms with Crippen LogP contribution < -0.4 is 5.32 Å². The molecule has 0 aliphatic carbocycles. The molecule has 144 valence electrons. The van der Waals surface area contributed by atoms with Crippen molar-refractivity contribution in [2.75, 3.05) is 5.32 Å². The van der Waals surface area contributed by atoms with Gasteiger partial charge in [0.15, 0.2) is 5.76 Å². The molecule has 0 fully saturated rings. The normalized spacial score (nSPS) is 10.7. The third-order valence-electron chi connectivity index (χ3n) is 4.22. The first-order chi connectivity index (χ1) is 14.0. The molecule has 0 saturated heterocycles. The zero-order valence-corrected chi connectivity index (χ0v) is 16.4. The molecule has 4 rings (SSSR count). The summed E-state index contributed by atoms with van der Waals surface area (Å²) in [6.45, 7) is 0. The van der Waals surface area contributed by atoms with E-state index in [2.05, 4.69) is 26.2 Å². The zero-order chi connectivity index (χ0) is 20.4. The molecule has 29 heavy (non-hydrogen) atoms. The lowest BCUT2D eigenvalue weighted by Crippen LogP contribution is -2.14. The Morgan fingerprint density at radius 1 is 1.00 bits per heavy atom. The number of aromatic nitrogens is 1. The van der Waals surface area contributed by atoms with Gasteiger partial charge in [-0.1, -0.05) is 28.1 Å². The average molecular weight is 455 g/mol. The van der Waals surface area contributed by atoms with E-state index in [1.54, 1.807) is 42.5 Å². The summed E-state index contributed by atoms with van der Waals surface area (Å²) >= 11 is 3.18. The molecule has 1 amide bonds. The zero-order valence-electron chi connectivity index (χ0n) is 14.8. The number of nitrogens with zero attached hydrogens (tertiary/aromatic N) is 1. The molecule has 0 bridgehead atoms. The van der Waals surface area contributed by atoms with Crippen LogP contribution in [0.1, 0.15) is 10.4 Å². The number of hydrogen-bond acceptors (Lipinski definition) is 3. The molecular formula is C22H13BrF2N2O2. The van der Waals surface area contributed by atoms with E-state index in [1.165, 1.54) is 30.5 Å². The lowest BCUT2D eigenvalue weighted by atomic mass is 10.1. The second kappa shape index (κ2) is 7.97. The lowest BCUT2D eigenvalue weighted by Gasteiger charge is -2.09. The molecule has 4 nitrogen and oxygen atoms in total. The second-order valence-electron chi connectivity index (χ2n) is 6.16. The van der Waals surface area contributed by atoms with Crippen molar-refractivity contribution in [1.29, 1.82) is 0 Å². The van der Waals surface area contributed by atoms with E-state index in [4.69, 9.17) is 4.42 Å². The van der Waals surface area contributed by atoms with E-state index in [1.807, 2.05) is 0 Å². The van der Waals surface area contributed by atoms with Gasteiger partial charge in [-0.15, -0.1) is 0 Å². The maximum absolute atomic E-state index is 14.1. The molecule has 1 aromatic heterocycles. The Hall–Kier alpha value is -3.32. The predicted octanol–water partition coefficient (Wildman–Crippen LogP) is 6.30. The van der Waals surface area contributed by atoms with Gasteiger partial charge in [0.2, 0.25) is 5.89 Å². The number of hydrogen-bond donors (Lipinski definition) is 1. The largest absolute Gasteiger partial charge is 0.436 e. The lowest BCUT2D eigenvalue weighted by molar-refractivity contribution is 0.102. The number of carbonyl (C=O) groups excluding carboxylic acids is 1. The fraction of sp³-hybridized carbons (Fsp3) is 0. The molecule has 3 aromatic carbocycles. The van der Waals surface area contributed by atoms with Gasteiger partial charge < -0.3 is 9.73 Å². The van der Waals surface area contributed by atoms with Crippen molar-refractivity contribution in [1.82, 2.24) is 4.98 Å². The molecule has 1 N–H and O–H groups in total. The SMILES string of the molecule is O=C(Nc1ccc(Br)cc1F)c1ccccc1-c1ncc(-c2ccc(F)cc2)o1. The van der Waals surface area contributed by atoms with Gasteiger partial charge in [-0.25, -0.2) is 13.8 Å². The van der Waals surface area contributed by atoms with Crippen LogP contribution in [0.2, 0.25) is 0 Å². The highest BCUT2D eigenvalue weighted by Crippen LogP contribution is 2.29. The molecule has 0 spiro atoms. The van der Waals surface area contributed by atoms with Crippen molar-refractivity contribution in [3.63, 3.8) is 0 Å². The first kappa shape index (κ1) is 19.0. The molecule has 0 saturated carbocycles. The van der Waals surface area contributed by atoms with Crippen LogP contribution in [0, 0.1) is 11.6 Å². The van der Waals surface area contributed by atoms with Crippen molar-refractivity contribution < 1.29 is 18.0 Å². The Bertz CT molecular complexity index is 1190. The van der Waals surface area contributed by atoms with E-state index in [-0.39, 0.29) is 23.0 Å². The minimum Gasteiger partial charge on any atom is -0.436 e. The first-order valence-corrected chi connectivity index (χ1v) is 9.38. The Balaban J connectivity index is 1.65. The fourth-order valence-electron chi connectivity index (χ4n) is 2.79. The number of benzene rings is 3.